The van der Waals surface area contributed by atoms with Crippen LogP contribution in [0.4, 0.5) is 4.79 Å². The fraction of sp³-hybridized carbons (Fsp3) is 0.455. The molecule has 0 bridgehead atoms. The van der Waals surface area contributed by atoms with Gasteiger partial charge in [0, 0.05) is 18.5 Å². The lowest BCUT2D eigenvalue weighted by Crippen LogP contribution is -2.50. The van der Waals surface area contributed by atoms with Crippen molar-refractivity contribution < 1.29 is 32.3 Å². The summed E-state index contributed by atoms with van der Waals surface area (Å²) in [4.78, 5) is 40.6. The van der Waals surface area contributed by atoms with Crippen molar-refractivity contribution in [3.63, 3.8) is 0 Å². The molecule has 0 aromatic heterocycles. The Hall–Kier alpha value is -3.41. The number of esters is 2. The van der Waals surface area contributed by atoms with Crippen molar-refractivity contribution in [1.82, 2.24) is 15.4 Å². The number of fused-ring (bicyclic) bond motifs is 1. The topological polar surface area (TPSA) is 152 Å². The van der Waals surface area contributed by atoms with Crippen LogP contribution in [0.15, 0.2) is 45.4 Å². The van der Waals surface area contributed by atoms with Gasteiger partial charge in [-0.15, -0.1) is 0 Å². The number of hydrogen-bond donors (Lipinski definition) is 3. The first-order chi connectivity index (χ1) is 16.2. The third kappa shape index (κ3) is 6.13. The number of nitrogens with zero attached hydrogens (tertiary/aromatic N) is 1. The monoisotopic (exact) mass is 492 g/mol. The third-order valence-corrected chi connectivity index (χ3v) is 6.61. The average molecular weight is 493 g/mol. The van der Waals surface area contributed by atoms with Crippen LogP contribution in [-0.2, 0) is 29.1 Å². The molecule has 34 heavy (non-hydrogen) atoms. The molecule has 0 aliphatic carbocycles. The molecule has 1 atom stereocenters. The van der Waals surface area contributed by atoms with Gasteiger partial charge in [0.05, 0.1) is 28.8 Å². The number of aliphatic imine (C=N–C) groups is 1. The molecule has 0 spiro atoms. The molecule has 0 fully saturated rings. The van der Waals surface area contributed by atoms with Crippen molar-refractivity contribution in [3.05, 3.63) is 41.1 Å². The summed E-state index contributed by atoms with van der Waals surface area (Å²) in [6, 6.07) is 5.60. The Bertz CT molecular complexity index is 1130. The van der Waals surface area contributed by atoms with Gasteiger partial charge < -0.3 is 20.1 Å². The first-order valence-corrected chi connectivity index (χ1v) is 12.5. The Kier molecular flexibility index (Phi) is 8.26. The number of carbonyl (C=O) groups excluding carboxylic acids is 3. The number of hydrogen-bond acceptors (Lipinski definition) is 8. The minimum absolute atomic E-state index is 0.163. The smallest absolute Gasteiger partial charge is 0.338 e. The Morgan fingerprint density at radius 3 is 2.65 bits per heavy atom. The zero-order valence-electron chi connectivity index (χ0n) is 19.0. The van der Waals surface area contributed by atoms with Crippen LogP contribution in [0.1, 0.15) is 45.1 Å². The van der Waals surface area contributed by atoms with E-state index in [4.69, 9.17) is 9.47 Å². The Morgan fingerprint density at radius 2 is 1.88 bits per heavy atom. The summed E-state index contributed by atoms with van der Waals surface area (Å²) in [7, 11) is -3.55. The molecule has 2 amide bonds. The zero-order chi connectivity index (χ0) is 24.7. The molecule has 2 aliphatic heterocycles. The van der Waals surface area contributed by atoms with Gasteiger partial charge in [-0.3, -0.25) is 14.5 Å². The van der Waals surface area contributed by atoms with Gasteiger partial charge >= 0.3 is 18.0 Å². The van der Waals surface area contributed by atoms with Crippen LogP contribution in [0.3, 0.4) is 0 Å². The number of amides is 2. The van der Waals surface area contributed by atoms with Crippen LogP contribution in [0.25, 0.3) is 0 Å². The van der Waals surface area contributed by atoms with E-state index >= 15 is 0 Å². The largest absolute Gasteiger partial charge is 0.463 e. The molecule has 2 heterocycles. The molecule has 1 aromatic carbocycles. The molecule has 184 valence electrons. The molecule has 12 heteroatoms. The van der Waals surface area contributed by atoms with E-state index in [1.807, 2.05) is 0 Å². The highest BCUT2D eigenvalue weighted by atomic mass is 32.2. The van der Waals surface area contributed by atoms with Gasteiger partial charge in [-0.2, -0.15) is 0 Å². The molecule has 11 nitrogen and oxygen atoms in total. The van der Waals surface area contributed by atoms with E-state index in [1.54, 1.807) is 32.0 Å². The normalized spacial score (nSPS) is 19.6. The Balaban J connectivity index is 1.43. The molecule has 0 saturated heterocycles. The molecule has 1 unspecified atom stereocenters. The van der Waals surface area contributed by atoms with E-state index < -0.39 is 34.0 Å². The highest BCUT2D eigenvalue weighted by molar-refractivity contribution is 7.90. The van der Waals surface area contributed by atoms with E-state index in [9.17, 15) is 22.8 Å². The van der Waals surface area contributed by atoms with Gasteiger partial charge in [0.1, 0.15) is 12.4 Å². The predicted molar refractivity (Wildman–Crippen MR) is 122 cm³/mol. The van der Waals surface area contributed by atoms with Gasteiger partial charge in [0.25, 0.3) is 10.0 Å². The van der Waals surface area contributed by atoms with E-state index in [2.05, 4.69) is 20.3 Å². The number of unbranched alkanes of at least 4 members (excludes halogenated alkanes) is 2. The first-order valence-electron chi connectivity index (χ1n) is 11.0. The van der Waals surface area contributed by atoms with Crippen LogP contribution in [0.5, 0.6) is 0 Å². The predicted octanol–water partition coefficient (Wildman–Crippen LogP) is 1.35. The second kappa shape index (κ2) is 11.1. The van der Waals surface area contributed by atoms with Crippen LogP contribution in [0.2, 0.25) is 0 Å². The first kappa shape index (κ1) is 25.2. The van der Waals surface area contributed by atoms with Crippen molar-refractivity contribution >= 4 is 33.8 Å². The molecule has 0 saturated carbocycles. The van der Waals surface area contributed by atoms with Crippen LogP contribution >= 0.6 is 0 Å². The second-order valence-corrected chi connectivity index (χ2v) is 9.39. The maximum atomic E-state index is 12.2. The Labute approximate surface area is 198 Å². The lowest BCUT2D eigenvalue weighted by molar-refractivity contribution is -0.143. The van der Waals surface area contributed by atoms with E-state index in [0.717, 1.165) is 0 Å². The van der Waals surface area contributed by atoms with E-state index in [0.29, 0.717) is 37.2 Å². The van der Waals surface area contributed by atoms with Gasteiger partial charge in [-0.25, -0.2) is 18.0 Å². The van der Waals surface area contributed by atoms with Crippen LogP contribution in [-0.4, -0.2) is 58.0 Å². The van der Waals surface area contributed by atoms with Gasteiger partial charge in [-0.05, 0) is 38.8 Å². The molecule has 3 N–H and O–H groups in total. The van der Waals surface area contributed by atoms with Crippen LogP contribution in [0, 0.1) is 0 Å². The molecule has 3 rings (SSSR count). The van der Waals surface area contributed by atoms with Crippen molar-refractivity contribution in [2.45, 2.75) is 50.5 Å². The number of nitrogens with one attached hydrogen (secondary N) is 3. The van der Waals surface area contributed by atoms with Crippen molar-refractivity contribution in [2.75, 3.05) is 19.8 Å². The molecule has 1 aromatic rings. The third-order valence-electron chi connectivity index (χ3n) is 5.21. The fourth-order valence-electron chi connectivity index (χ4n) is 3.62. The standard InChI is InChI=1S/C22H28N4O7S/c1-3-32-21(28)19-14(2)24-22(29)25-16(19)13-33-18(27)11-5-4-8-12-23-20-15-9-6-7-10-17(15)34(30,31)26-20/h6-7,9-10,14H,3-5,8,11-13H2,1-2H3,(H,23,26)(H2,24,25,29). The highest BCUT2D eigenvalue weighted by Gasteiger charge is 2.31. The summed E-state index contributed by atoms with van der Waals surface area (Å²) in [5.74, 6) is -0.707. The number of carbonyl (C=O) groups is 3. The maximum absolute atomic E-state index is 12.2. The number of rotatable bonds is 10. The number of benzene rings is 1. The number of sulfonamides is 1. The average Bonchev–Trinajstić information content (AvgIpc) is 3.04. The zero-order valence-corrected chi connectivity index (χ0v) is 19.9. The molecule has 0 radical (unpaired) electrons. The van der Waals surface area contributed by atoms with Gasteiger partial charge in [-0.1, -0.05) is 18.6 Å². The molecule has 2 aliphatic rings. The molecular formula is C22H28N4O7S. The fourth-order valence-corrected chi connectivity index (χ4v) is 4.87. The van der Waals surface area contributed by atoms with E-state index in [1.165, 1.54) is 6.07 Å². The summed E-state index contributed by atoms with van der Waals surface area (Å²) in [6.07, 6.45) is 2.07. The van der Waals surface area contributed by atoms with Crippen LogP contribution < -0.4 is 15.4 Å². The minimum atomic E-state index is -3.55. The minimum Gasteiger partial charge on any atom is -0.463 e. The van der Waals surface area contributed by atoms with Gasteiger partial charge in [0.2, 0.25) is 0 Å². The lowest BCUT2D eigenvalue weighted by Gasteiger charge is -2.26. The number of ether oxygens (including phenoxy) is 2. The van der Waals surface area contributed by atoms with Crippen molar-refractivity contribution in [3.8, 4) is 0 Å². The second-order valence-electron chi connectivity index (χ2n) is 7.74. The van der Waals surface area contributed by atoms with Crippen molar-refractivity contribution in [2.24, 2.45) is 4.99 Å². The molecular weight excluding hydrogens is 464 g/mol. The lowest BCUT2D eigenvalue weighted by atomic mass is 10.0. The van der Waals surface area contributed by atoms with Gasteiger partial charge in [0.15, 0.2) is 0 Å². The highest BCUT2D eigenvalue weighted by Crippen LogP contribution is 2.22. The van der Waals surface area contributed by atoms with E-state index in [-0.39, 0.29) is 35.8 Å². The summed E-state index contributed by atoms with van der Waals surface area (Å²) < 4.78 is 36.9. The summed E-state index contributed by atoms with van der Waals surface area (Å²) in [5, 5.41) is 5.08. The SMILES string of the molecule is CCOC(=O)C1=C(COC(=O)CCCCCN=C2NS(=O)(=O)c3ccccc32)NC(=O)NC1C. The number of amidine groups is 1. The maximum Gasteiger partial charge on any atom is 0.338 e. The number of urea groups is 1. The summed E-state index contributed by atoms with van der Waals surface area (Å²) >= 11 is 0. The Morgan fingerprint density at radius 1 is 1.12 bits per heavy atom. The summed E-state index contributed by atoms with van der Waals surface area (Å²) in [5.41, 5.74) is 0.984. The quantitative estimate of drug-likeness (QED) is 0.329. The van der Waals surface area contributed by atoms with Crippen molar-refractivity contribution in [1.29, 1.82) is 0 Å². The summed E-state index contributed by atoms with van der Waals surface area (Å²) in [6.45, 7) is 3.67.